The van der Waals surface area contributed by atoms with E-state index in [-0.39, 0.29) is 11.9 Å². The number of nitrogens with two attached hydrogens (primary N) is 1. The largest absolute Gasteiger partial charge is 0.469 e. The summed E-state index contributed by atoms with van der Waals surface area (Å²) < 4.78 is 5.20. The summed E-state index contributed by atoms with van der Waals surface area (Å²) >= 11 is 0. The van der Waals surface area contributed by atoms with Crippen molar-refractivity contribution < 1.29 is 9.21 Å². The maximum absolute atomic E-state index is 11.9. The number of carbonyl (C=O) groups is 1. The monoisotopic (exact) mass is 222 g/mol. The molecule has 2 N–H and O–H groups in total. The number of hydrogen-bond donors (Lipinski definition) is 1. The molecule has 16 heavy (non-hydrogen) atoms. The van der Waals surface area contributed by atoms with E-state index in [4.69, 9.17) is 10.2 Å². The Morgan fingerprint density at radius 2 is 2.50 bits per heavy atom. The summed E-state index contributed by atoms with van der Waals surface area (Å²) in [6.45, 7) is 1.44. The van der Waals surface area contributed by atoms with Crippen molar-refractivity contribution in [3.63, 3.8) is 0 Å². The third-order valence-corrected chi connectivity index (χ3v) is 3.13. The lowest BCUT2D eigenvalue weighted by molar-refractivity contribution is -0.131. The van der Waals surface area contributed by atoms with Crippen molar-refractivity contribution in [2.45, 2.75) is 31.7 Å². The molecule has 1 amide bonds. The summed E-state index contributed by atoms with van der Waals surface area (Å²) in [5.74, 6) is 1.07. The molecule has 0 aromatic carbocycles. The lowest BCUT2D eigenvalue weighted by Gasteiger charge is -2.23. The summed E-state index contributed by atoms with van der Waals surface area (Å²) in [6, 6.07) is 4.00. The number of rotatable bonds is 4. The van der Waals surface area contributed by atoms with E-state index >= 15 is 0 Å². The minimum absolute atomic E-state index is 0.198. The lowest BCUT2D eigenvalue weighted by Crippen LogP contribution is -2.39. The zero-order chi connectivity index (χ0) is 11.4. The number of nitrogens with zero attached hydrogens (tertiary/aromatic N) is 1. The average molecular weight is 222 g/mol. The number of likely N-dealkylation sites (tertiary alicyclic amines) is 1. The van der Waals surface area contributed by atoms with Gasteiger partial charge in [-0.3, -0.25) is 4.79 Å². The summed E-state index contributed by atoms with van der Waals surface area (Å²) in [4.78, 5) is 13.9. The summed E-state index contributed by atoms with van der Waals surface area (Å²) in [5.41, 5.74) is 5.64. The molecule has 2 heterocycles. The fourth-order valence-electron chi connectivity index (χ4n) is 2.24. The van der Waals surface area contributed by atoms with Crippen LogP contribution in [0.5, 0.6) is 0 Å². The van der Waals surface area contributed by atoms with Gasteiger partial charge in [0.15, 0.2) is 0 Å². The number of furan rings is 1. The Hall–Kier alpha value is -1.29. The van der Waals surface area contributed by atoms with E-state index in [0.29, 0.717) is 19.4 Å². The van der Waals surface area contributed by atoms with Crippen LogP contribution in [0.15, 0.2) is 22.8 Å². The van der Waals surface area contributed by atoms with Gasteiger partial charge in [-0.2, -0.15) is 0 Å². The van der Waals surface area contributed by atoms with Gasteiger partial charge in [-0.05, 0) is 25.0 Å². The van der Waals surface area contributed by atoms with Crippen molar-refractivity contribution in [1.82, 2.24) is 4.90 Å². The fourth-order valence-corrected chi connectivity index (χ4v) is 2.24. The fraction of sp³-hybridized carbons (Fsp3) is 0.583. The molecule has 1 aliphatic rings. The molecule has 4 heteroatoms. The van der Waals surface area contributed by atoms with Crippen molar-refractivity contribution in [3.05, 3.63) is 24.2 Å². The number of hydrogen-bond acceptors (Lipinski definition) is 3. The third-order valence-electron chi connectivity index (χ3n) is 3.13. The first kappa shape index (κ1) is 11.2. The Bertz CT molecular complexity index is 335. The van der Waals surface area contributed by atoms with Gasteiger partial charge in [0.1, 0.15) is 5.76 Å². The van der Waals surface area contributed by atoms with Crippen LogP contribution in [0, 0.1) is 0 Å². The number of amides is 1. The van der Waals surface area contributed by atoms with Gasteiger partial charge in [-0.1, -0.05) is 0 Å². The first-order chi connectivity index (χ1) is 7.81. The van der Waals surface area contributed by atoms with Gasteiger partial charge < -0.3 is 15.1 Å². The van der Waals surface area contributed by atoms with Gasteiger partial charge in [-0.25, -0.2) is 0 Å². The van der Waals surface area contributed by atoms with E-state index in [0.717, 1.165) is 25.1 Å². The molecule has 0 bridgehead atoms. The maximum atomic E-state index is 11.9. The molecule has 1 aliphatic heterocycles. The standard InChI is InChI=1S/C12H18N2O2/c13-9-10-3-1-7-14(10)12(15)6-5-11-4-2-8-16-11/h2,4,8,10H,1,3,5-7,9,13H2. The van der Waals surface area contributed by atoms with Crippen LogP contribution in [-0.2, 0) is 11.2 Å². The summed E-state index contributed by atoms with van der Waals surface area (Å²) in [5, 5.41) is 0. The molecule has 1 fully saturated rings. The predicted octanol–water partition coefficient (Wildman–Crippen LogP) is 1.16. The van der Waals surface area contributed by atoms with Crippen molar-refractivity contribution in [2.75, 3.05) is 13.1 Å². The molecule has 1 atom stereocenters. The van der Waals surface area contributed by atoms with Gasteiger partial charge >= 0.3 is 0 Å². The highest BCUT2D eigenvalue weighted by atomic mass is 16.3. The van der Waals surface area contributed by atoms with Gasteiger partial charge in [0, 0.05) is 32.0 Å². The highest BCUT2D eigenvalue weighted by Crippen LogP contribution is 2.18. The van der Waals surface area contributed by atoms with E-state index in [1.54, 1.807) is 6.26 Å². The molecular formula is C12H18N2O2. The van der Waals surface area contributed by atoms with E-state index in [9.17, 15) is 4.79 Å². The minimum atomic E-state index is 0.198. The Morgan fingerprint density at radius 1 is 1.62 bits per heavy atom. The molecular weight excluding hydrogens is 204 g/mol. The Balaban J connectivity index is 1.83. The molecule has 0 saturated carbocycles. The zero-order valence-corrected chi connectivity index (χ0v) is 9.39. The second-order valence-electron chi connectivity index (χ2n) is 4.20. The van der Waals surface area contributed by atoms with Crippen LogP contribution in [0.3, 0.4) is 0 Å². The molecule has 2 rings (SSSR count). The molecule has 1 saturated heterocycles. The normalized spacial score (nSPS) is 20.3. The molecule has 88 valence electrons. The molecule has 0 aliphatic carbocycles. The first-order valence-electron chi connectivity index (χ1n) is 5.83. The Morgan fingerprint density at radius 3 is 3.19 bits per heavy atom. The van der Waals surface area contributed by atoms with Crippen LogP contribution < -0.4 is 5.73 Å². The second-order valence-corrected chi connectivity index (χ2v) is 4.20. The van der Waals surface area contributed by atoms with Crippen LogP contribution in [0.2, 0.25) is 0 Å². The summed E-state index contributed by atoms with van der Waals surface area (Å²) in [6.07, 6.45) is 4.96. The quantitative estimate of drug-likeness (QED) is 0.831. The zero-order valence-electron chi connectivity index (χ0n) is 9.39. The van der Waals surface area contributed by atoms with Crippen molar-refractivity contribution >= 4 is 5.91 Å². The molecule has 1 unspecified atom stereocenters. The predicted molar refractivity (Wildman–Crippen MR) is 60.8 cm³/mol. The van der Waals surface area contributed by atoms with Crippen molar-refractivity contribution in [2.24, 2.45) is 5.73 Å². The smallest absolute Gasteiger partial charge is 0.223 e. The van der Waals surface area contributed by atoms with Gasteiger partial charge in [0.05, 0.1) is 6.26 Å². The molecule has 1 aromatic heterocycles. The number of carbonyl (C=O) groups excluding carboxylic acids is 1. The number of aryl methyl sites for hydroxylation is 1. The molecule has 4 nitrogen and oxygen atoms in total. The maximum Gasteiger partial charge on any atom is 0.223 e. The van der Waals surface area contributed by atoms with Gasteiger partial charge in [0.25, 0.3) is 0 Å². The topological polar surface area (TPSA) is 59.5 Å². The lowest BCUT2D eigenvalue weighted by atomic mass is 10.2. The van der Waals surface area contributed by atoms with Gasteiger partial charge in [-0.15, -0.1) is 0 Å². The van der Waals surface area contributed by atoms with E-state index in [2.05, 4.69) is 0 Å². The van der Waals surface area contributed by atoms with Crippen molar-refractivity contribution in [1.29, 1.82) is 0 Å². The highest BCUT2D eigenvalue weighted by Gasteiger charge is 2.26. The van der Waals surface area contributed by atoms with Crippen LogP contribution in [0.25, 0.3) is 0 Å². The van der Waals surface area contributed by atoms with E-state index < -0.39 is 0 Å². The summed E-state index contributed by atoms with van der Waals surface area (Å²) in [7, 11) is 0. The van der Waals surface area contributed by atoms with Crippen LogP contribution in [-0.4, -0.2) is 29.9 Å². The van der Waals surface area contributed by atoms with Crippen molar-refractivity contribution in [3.8, 4) is 0 Å². The molecule has 1 aromatic rings. The molecule has 0 spiro atoms. The second kappa shape index (κ2) is 5.16. The van der Waals surface area contributed by atoms with Crippen LogP contribution in [0.4, 0.5) is 0 Å². The average Bonchev–Trinajstić information content (AvgIpc) is 2.96. The van der Waals surface area contributed by atoms with Crippen LogP contribution in [0.1, 0.15) is 25.0 Å². The van der Waals surface area contributed by atoms with Gasteiger partial charge in [0.2, 0.25) is 5.91 Å². The first-order valence-corrected chi connectivity index (χ1v) is 5.83. The SMILES string of the molecule is NCC1CCCN1C(=O)CCc1ccco1. The third kappa shape index (κ3) is 2.44. The highest BCUT2D eigenvalue weighted by molar-refractivity contribution is 5.77. The Kier molecular flexibility index (Phi) is 3.62. The van der Waals surface area contributed by atoms with Crippen LogP contribution >= 0.6 is 0 Å². The van der Waals surface area contributed by atoms with E-state index in [1.165, 1.54) is 0 Å². The van der Waals surface area contributed by atoms with E-state index in [1.807, 2.05) is 17.0 Å². The minimum Gasteiger partial charge on any atom is -0.469 e. The Labute approximate surface area is 95.4 Å². The molecule has 0 radical (unpaired) electrons.